The highest BCUT2D eigenvalue weighted by atomic mass is 16.5. The summed E-state index contributed by atoms with van der Waals surface area (Å²) >= 11 is 0. The van der Waals surface area contributed by atoms with Gasteiger partial charge in [-0.3, -0.25) is 25.2 Å². The average Bonchev–Trinajstić information content (AvgIpc) is 2.74. The van der Waals surface area contributed by atoms with Gasteiger partial charge >= 0.3 is 0 Å². The summed E-state index contributed by atoms with van der Waals surface area (Å²) in [5, 5.41) is 5.13. The van der Waals surface area contributed by atoms with Gasteiger partial charge in [-0.05, 0) is 31.2 Å². The number of rotatable bonds is 6. The van der Waals surface area contributed by atoms with Crippen LogP contribution in [-0.4, -0.2) is 35.3 Å². The molecule has 1 aromatic heterocycles. The van der Waals surface area contributed by atoms with E-state index in [-0.39, 0.29) is 17.7 Å². The largest absolute Gasteiger partial charge is 0.493 e. The third kappa shape index (κ3) is 4.52. The van der Waals surface area contributed by atoms with Gasteiger partial charge in [-0.2, -0.15) is 5.10 Å². The second-order valence-corrected chi connectivity index (χ2v) is 6.00. The van der Waals surface area contributed by atoms with Crippen LogP contribution in [0, 0.1) is 0 Å². The predicted molar refractivity (Wildman–Crippen MR) is 106 cm³/mol. The van der Waals surface area contributed by atoms with Crippen molar-refractivity contribution in [2.45, 2.75) is 13.5 Å². The van der Waals surface area contributed by atoms with Crippen molar-refractivity contribution >= 4 is 22.6 Å². The van der Waals surface area contributed by atoms with Crippen LogP contribution in [0.25, 0.3) is 10.8 Å². The van der Waals surface area contributed by atoms with Gasteiger partial charge in [-0.25, -0.2) is 4.68 Å². The standard InChI is InChI=1S/C20H20N4O5/c1-3-29-16-9-8-13(10-17(16)28-2)19(26)23-22-18(25)12-24-20(27)15-7-5-4-6-14(15)11-21-24/h4-11H,3,12H2,1-2H3,(H,22,25)(H,23,26). The van der Waals surface area contributed by atoms with Crippen molar-refractivity contribution < 1.29 is 19.1 Å². The molecule has 0 saturated heterocycles. The molecule has 2 N–H and O–H groups in total. The molecular weight excluding hydrogens is 376 g/mol. The van der Waals surface area contributed by atoms with E-state index in [1.165, 1.54) is 19.4 Å². The normalized spacial score (nSPS) is 10.4. The Morgan fingerprint density at radius 2 is 1.90 bits per heavy atom. The van der Waals surface area contributed by atoms with Crippen molar-refractivity contribution in [2.75, 3.05) is 13.7 Å². The lowest BCUT2D eigenvalue weighted by Gasteiger charge is -2.12. The molecule has 0 spiro atoms. The smallest absolute Gasteiger partial charge is 0.275 e. The number of nitrogens with zero attached hydrogens (tertiary/aromatic N) is 2. The van der Waals surface area contributed by atoms with E-state index in [2.05, 4.69) is 16.0 Å². The number of hydrogen-bond donors (Lipinski definition) is 2. The Hall–Kier alpha value is -3.88. The number of fused-ring (bicyclic) bond motifs is 1. The van der Waals surface area contributed by atoms with Gasteiger partial charge in [0.1, 0.15) is 6.54 Å². The molecule has 0 aliphatic heterocycles. The molecule has 3 aromatic rings. The lowest BCUT2D eigenvalue weighted by Crippen LogP contribution is -2.44. The fourth-order valence-electron chi connectivity index (χ4n) is 2.70. The molecule has 0 radical (unpaired) electrons. The fraction of sp³-hybridized carbons (Fsp3) is 0.200. The zero-order valence-corrected chi connectivity index (χ0v) is 16.0. The molecule has 2 amide bonds. The van der Waals surface area contributed by atoms with E-state index in [1.54, 1.807) is 36.4 Å². The fourth-order valence-corrected chi connectivity index (χ4v) is 2.70. The molecule has 0 aliphatic carbocycles. The summed E-state index contributed by atoms with van der Waals surface area (Å²) in [6.45, 7) is 1.96. The van der Waals surface area contributed by atoms with Crippen LogP contribution in [0.5, 0.6) is 11.5 Å². The van der Waals surface area contributed by atoms with E-state index >= 15 is 0 Å². The van der Waals surface area contributed by atoms with Gasteiger partial charge in [0.2, 0.25) is 0 Å². The summed E-state index contributed by atoms with van der Waals surface area (Å²) in [6, 6.07) is 11.6. The van der Waals surface area contributed by atoms with Crippen molar-refractivity contribution in [3.63, 3.8) is 0 Å². The number of benzene rings is 2. The van der Waals surface area contributed by atoms with E-state index in [0.29, 0.717) is 28.9 Å². The highest BCUT2D eigenvalue weighted by Gasteiger charge is 2.13. The van der Waals surface area contributed by atoms with Gasteiger partial charge < -0.3 is 9.47 Å². The minimum absolute atomic E-state index is 0.270. The molecule has 9 nitrogen and oxygen atoms in total. The van der Waals surface area contributed by atoms with Crippen LogP contribution in [0.1, 0.15) is 17.3 Å². The van der Waals surface area contributed by atoms with Gasteiger partial charge in [0, 0.05) is 10.9 Å². The SMILES string of the molecule is CCOc1ccc(C(=O)NNC(=O)Cn2ncc3ccccc3c2=O)cc1OC. The maximum absolute atomic E-state index is 12.4. The van der Waals surface area contributed by atoms with Crippen molar-refractivity contribution in [3.05, 3.63) is 64.6 Å². The molecule has 1 heterocycles. The van der Waals surface area contributed by atoms with Gasteiger partial charge in [0.15, 0.2) is 11.5 Å². The molecule has 0 saturated carbocycles. The third-order valence-electron chi connectivity index (χ3n) is 4.10. The second-order valence-electron chi connectivity index (χ2n) is 6.00. The van der Waals surface area contributed by atoms with Crippen LogP contribution in [0.4, 0.5) is 0 Å². The molecule has 0 bridgehead atoms. The lowest BCUT2D eigenvalue weighted by molar-refractivity contribution is -0.122. The minimum atomic E-state index is -0.596. The minimum Gasteiger partial charge on any atom is -0.493 e. The molecule has 0 atom stereocenters. The third-order valence-corrected chi connectivity index (χ3v) is 4.10. The number of hydrogen-bond acceptors (Lipinski definition) is 6. The van der Waals surface area contributed by atoms with Crippen molar-refractivity contribution in [1.82, 2.24) is 20.6 Å². The van der Waals surface area contributed by atoms with Crippen LogP contribution < -0.4 is 25.9 Å². The summed E-state index contributed by atoms with van der Waals surface area (Å²) in [6.07, 6.45) is 1.51. The van der Waals surface area contributed by atoms with E-state index in [9.17, 15) is 14.4 Å². The first-order valence-electron chi connectivity index (χ1n) is 8.88. The van der Waals surface area contributed by atoms with Crippen LogP contribution in [0.15, 0.2) is 53.5 Å². The molecule has 2 aromatic carbocycles. The van der Waals surface area contributed by atoms with Gasteiger partial charge in [-0.1, -0.05) is 18.2 Å². The van der Waals surface area contributed by atoms with Crippen LogP contribution in [0.2, 0.25) is 0 Å². The Labute approximate surface area is 166 Å². The van der Waals surface area contributed by atoms with Crippen LogP contribution in [-0.2, 0) is 11.3 Å². The molecule has 9 heteroatoms. The molecule has 29 heavy (non-hydrogen) atoms. The summed E-state index contributed by atoms with van der Waals surface area (Å²) in [7, 11) is 1.47. The monoisotopic (exact) mass is 396 g/mol. The summed E-state index contributed by atoms with van der Waals surface area (Å²) in [4.78, 5) is 36.8. The molecule has 0 unspecified atom stereocenters. The topological polar surface area (TPSA) is 112 Å². The zero-order chi connectivity index (χ0) is 20.8. The molecule has 3 rings (SSSR count). The first kappa shape index (κ1) is 19.9. The summed E-state index contributed by atoms with van der Waals surface area (Å²) in [5.41, 5.74) is 4.45. The predicted octanol–water partition coefficient (Wildman–Crippen LogP) is 1.26. The zero-order valence-electron chi connectivity index (χ0n) is 16.0. The van der Waals surface area contributed by atoms with E-state index in [1.807, 2.05) is 6.92 Å². The maximum Gasteiger partial charge on any atom is 0.275 e. The number of aromatic nitrogens is 2. The van der Waals surface area contributed by atoms with Crippen molar-refractivity contribution in [2.24, 2.45) is 0 Å². The van der Waals surface area contributed by atoms with Crippen LogP contribution in [0.3, 0.4) is 0 Å². The number of carbonyl (C=O) groups excluding carboxylic acids is 2. The average molecular weight is 396 g/mol. The second kappa shape index (κ2) is 8.87. The Bertz CT molecular complexity index is 1110. The number of ether oxygens (including phenoxy) is 2. The maximum atomic E-state index is 12.4. The van der Waals surface area contributed by atoms with Crippen LogP contribution >= 0.6 is 0 Å². The number of methoxy groups -OCH3 is 1. The van der Waals surface area contributed by atoms with Crippen molar-refractivity contribution in [1.29, 1.82) is 0 Å². The first-order chi connectivity index (χ1) is 14.0. The Balaban J connectivity index is 1.64. The Morgan fingerprint density at radius 3 is 2.66 bits per heavy atom. The summed E-state index contributed by atoms with van der Waals surface area (Å²) < 4.78 is 11.6. The van der Waals surface area contributed by atoms with Gasteiger partial charge in [-0.15, -0.1) is 0 Å². The molecular formula is C20H20N4O5. The highest BCUT2D eigenvalue weighted by molar-refractivity contribution is 5.96. The molecule has 0 aliphatic rings. The van der Waals surface area contributed by atoms with Gasteiger partial charge in [0.25, 0.3) is 17.4 Å². The van der Waals surface area contributed by atoms with E-state index in [4.69, 9.17) is 9.47 Å². The molecule has 0 fully saturated rings. The first-order valence-corrected chi connectivity index (χ1v) is 8.88. The number of hydrazine groups is 1. The van der Waals surface area contributed by atoms with E-state index < -0.39 is 11.8 Å². The highest BCUT2D eigenvalue weighted by Crippen LogP contribution is 2.27. The lowest BCUT2D eigenvalue weighted by atomic mass is 10.2. The number of amides is 2. The quantitative estimate of drug-likeness (QED) is 0.607. The number of carbonyl (C=O) groups is 2. The molecule has 150 valence electrons. The Kier molecular flexibility index (Phi) is 6.08. The Morgan fingerprint density at radius 1 is 1.10 bits per heavy atom. The number of nitrogens with one attached hydrogen (secondary N) is 2. The van der Waals surface area contributed by atoms with Crippen molar-refractivity contribution in [3.8, 4) is 11.5 Å². The van der Waals surface area contributed by atoms with Gasteiger partial charge in [0.05, 0.1) is 25.3 Å². The van der Waals surface area contributed by atoms with E-state index in [0.717, 1.165) is 4.68 Å². The summed E-state index contributed by atoms with van der Waals surface area (Å²) in [5.74, 6) is -0.227.